The van der Waals surface area contributed by atoms with Crippen LogP contribution in [-0.4, -0.2) is 17.6 Å². The quantitative estimate of drug-likeness (QED) is 0.560. The second-order valence-corrected chi connectivity index (χ2v) is 5.64. The molecule has 2 aromatic carbocycles. The number of nitrogens with one attached hydrogen (secondary N) is 1. The van der Waals surface area contributed by atoms with Gasteiger partial charge in [0.15, 0.2) is 0 Å². The smallest absolute Gasteiger partial charge is 0.407 e. The van der Waals surface area contributed by atoms with Crippen molar-refractivity contribution >= 4 is 22.7 Å². The standard InChI is InChI=1S/C21H19N3O2/c22-20-19-12-5-4-11-18(19)17(14-24-20)10-6-7-13-23-21(25)26-15-16-8-2-1-3-9-16/h1-5,8-9,11-12,14H,7,13,15H2,(H2,22,24)(H,23,25). The van der Waals surface area contributed by atoms with Crippen LogP contribution >= 0.6 is 0 Å². The fourth-order valence-corrected chi connectivity index (χ4v) is 2.47. The highest BCUT2D eigenvalue weighted by atomic mass is 16.5. The average molecular weight is 345 g/mol. The van der Waals surface area contributed by atoms with Gasteiger partial charge >= 0.3 is 6.09 Å². The summed E-state index contributed by atoms with van der Waals surface area (Å²) in [6, 6.07) is 17.3. The van der Waals surface area contributed by atoms with E-state index in [1.165, 1.54) is 0 Å². The minimum atomic E-state index is -0.449. The molecule has 1 amide bonds. The van der Waals surface area contributed by atoms with Gasteiger partial charge in [-0.2, -0.15) is 0 Å². The van der Waals surface area contributed by atoms with Gasteiger partial charge < -0.3 is 15.8 Å². The van der Waals surface area contributed by atoms with Crippen molar-refractivity contribution in [3.8, 4) is 11.8 Å². The summed E-state index contributed by atoms with van der Waals surface area (Å²) in [5.41, 5.74) is 7.65. The van der Waals surface area contributed by atoms with Gasteiger partial charge in [0.1, 0.15) is 12.4 Å². The van der Waals surface area contributed by atoms with Gasteiger partial charge in [0.05, 0.1) is 5.56 Å². The molecule has 0 fully saturated rings. The maximum atomic E-state index is 11.7. The van der Waals surface area contributed by atoms with Gasteiger partial charge in [-0.15, -0.1) is 0 Å². The second-order valence-electron chi connectivity index (χ2n) is 5.64. The predicted molar refractivity (Wildman–Crippen MR) is 102 cm³/mol. The summed E-state index contributed by atoms with van der Waals surface area (Å²) in [5.74, 6) is 6.62. The summed E-state index contributed by atoms with van der Waals surface area (Å²) >= 11 is 0. The van der Waals surface area contributed by atoms with Crippen LogP contribution in [0.3, 0.4) is 0 Å². The number of amides is 1. The van der Waals surface area contributed by atoms with Gasteiger partial charge in [-0.3, -0.25) is 0 Å². The van der Waals surface area contributed by atoms with Crippen LogP contribution < -0.4 is 11.1 Å². The summed E-state index contributed by atoms with van der Waals surface area (Å²) in [6.45, 7) is 0.669. The highest BCUT2D eigenvalue weighted by Crippen LogP contribution is 2.21. The molecule has 1 aromatic heterocycles. The van der Waals surface area contributed by atoms with Crippen molar-refractivity contribution in [3.05, 3.63) is 71.9 Å². The van der Waals surface area contributed by atoms with Gasteiger partial charge in [0.25, 0.3) is 0 Å². The maximum Gasteiger partial charge on any atom is 0.407 e. The number of rotatable bonds is 4. The van der Waals surface area contributed by atoms with E-state index < -0.39 is 6.09 Å². The number of hydrogen-bond acceptors (Lipinski definition) is 4. The molecule has 0 spiro atoms. The van der Waals surface area contributed by atoms with Crippen LogP contribution in [0, 0.1) is 11.8 Å². The van der Waals surface area contributed by atoms with Crippen LogP contribution in [-0.2, 0) is 11.3 Å². The van der Waals surface area contributed by atoms with Crippen LogP contribution in [0.2, 0.25) is 0 Å². The third-order valence-corrected chi connectivity index (χ3v) is 3.78. The number of carbonyl (C=O) groups excluding carboxylic acids is 1. The van der Waals surface area contributed by atoms with Gasteiger partial charge in [-0.05, 0) is 5.56 Å². The Hall–Kier alpha value is -3.52. The van der Waals surface area contributed by atoms with Crippen LogP contribution in [0.5, 0.6) is 0 Å². The van der Waals surface area contributed by atoms with Crippen molar-refractivity contribution in [1.82, 2.24) is 10.3 Å². The van der Waals surface area contributed by atoms with E-state index in [0.29, 0.717) is 18.8 Å². The number of hydrogen-bond donors (Lipinski definition) is 2. The molecule has 3 aromatic rings. The Morgan fingerprint density at radius 3 is 2.62 bits per heavy atom. The Balaban J connectivity index is 1.49. The molecule has 5 nitrogen and oxygen atoms in total. The molecule has 5 heteroatoms. The van der Waals surface area contributed by atoms with E-state index in [0.717, 1.165) is 21.9 Å². The number of nitrogen functional groups attached to an aromatic ring is 1. The predicted octanol–water partition coefficient (Wildman–Crippen LogP) is 3.49. The lowest BCUT2D eigenvalue weighted by atomic mass is 10.1. The average Bonchev–Trinajstić information content (AvgIpc) is 2.69. The largest absolute Gasteiger partial charge is 0.445 e. The van der Waals surface area contributed by atoms with E-state index in [4.69, 9.17) is 10.5 Å². The van der Waals surface area contributed by atoms with Gasteiger partial charge in [-0.25, -0.2) is 9.78 Å². The number of nitrogens with two attached hydrogens (primary N) is 1. The Morgan fingerprint density at radius 2 is 1.81 bits per heavy atom. The van der Waals surface area contributed by atoms with Crippen molar-refractivity contribution < 1.29 is 9.53 Å². The van der Waals surface area contributed by atoms with E-state index in [-0.39, 0.29) is 6.61 Å². The zero-order valence-corrected chi connectivity index (χ0v) is 14.2. The topological polar surface area (TPSA) is 77.2 Å². The monoisotopic (exact) mass is 345 g/mol. The molecule has 3 rings (SSSR count). The highest BCUT2D eigenvalue weighted by molar-refractivity contribution is 5.94. The molecule has 0 aliphatic rings. The number of nitrogens with zero attached hydrogens (tertiary/aromatic N) is 1. The summed E-state index contributed by atoms with van der Waals surface area (Å²) in [6.07, 6.45) is 1.74. The van der Waals surface area contributed by atoms with E-state index in [1.807, 2.05) is 54.6 Å². The van der Waals surface area contributed by atoms with Crippen molar-refractivity contribution in [2.45, 2.75) is 13.0 Å². The SMILES string of the molecule is Nc1ncc(C#CCCNC(=O)OCc2ccccc2)c2ccccc12. The van der Waals surface area contributed by atoms with Crippen LogP contribution in [0.4, 0.5) is 10.6 Å². The second kappa shape index (κ2) is 8.54. The number of carbonyl (C=O) groups is 1. The van der Waals surface area contributed by atoms with Crippen LogP contribution in [0.15, 0.2) is 60.8 Å². The fraction of sp³-hybridized carbons (Fsp3) is 0.143. The minimum Gasteiger partial charge on any atom is -0.445 e. The number of aromatic nitrogens is 1. The number of pyridine rings is 1. The molecule has 3 N–H and O–H groups in total. The maximum absolute atomic E-state index is 11.7. The number of benzene rings is 2. The van der Waals surface area contributed by atoms with Crippen LogP contribution in [0.25, 0.3) is 10.8 Å². The van der Waals surface area contributed by atoms with Crippen LogP contribution in [0.1, 0.15) is 17.5 Å². The molecule has 0 radical (unpaired) electrons. The highest BCUT2D eigenvalue weighted by Gasteiger charge is 2.03. The van der Waals surface area contributed by atoms with Gasteiger partial charge in [0.2, 0.25) is 0 Å². The lowest BCUT2D eigenvalue weighted by Gasteiger charge is -2.05. The van der Waals surface area contributed by atoms with E-state index in [2.05, 4.69) is 22.1 Å². The Labute approximate surface area is 152 Å². The molecule has 0 aliphatic heterocycles. The molecule has 1 heterocycles. The zero-order chi connectivity index (χ0) is 18.2. The Kier molecular flexibility index (Phi) is 5.69. The molecule has 26 heavy (non-hydrogen) atoms. The summed E-state index contributed by atoms with van der Waals surface area (Å²) in [5, 5.41) is 4.55. The molecular formula is C21H19N3O2. The summed E-state index contributed by atoms with van der Waals surface area (Å²) in [7, 11) is 0. The molecular weight excluding hydrogens is 326 g/mol. The number of fused-ring (bicyclic) bond motifs is 1. The molecule has 0 saturated heterocycles. The van der Waals surface area contributed by atoms with E-state index >= 15 is 0 Å². The zero-order valence-electron chi connectivity index (χ0n) is 14.2. The van der Waals surface area contributed by atoms with E-state index in [9.17, 15) is 4.79 Å². The molecule has 0 saturated carbocycles. The van der Waals surface area contributed by atoms with Gasteiger partial charge in [0, 0.05) is 29.9 Å². The number of ether oxygens (including phenoxy) is 1. The molecule has 0 aliphatic carbocycles. The molecule has 130 valence electrons. The third kappa shape index (κ3) is 4.52. The first-order chi connectivity index (χ1) is 12.7. The first-order valence-electron chi connectivity index (χ1n) is 8.30. The fourth-order valence-electron chi connectivity index (χ4n) is 2.47. The third-order valence-electron chi connectivity index (χ3n) is 3.78. The first-order valence-corrected chi connectivity index (χ1v) is 8.30. The van der Waals surface area contributed by atoms with Gasteiger partial charge in [-0.1, -0.05) is 66.4 Å². The molecule has 0 unspecified atom stereocenters. The number of anilines is 1. The van der Waals surface area contributed by atoms with Crippen molar-refractivity contribution in [1.29, 1.82) is 0 Å². The summed E-state index contributed by atoms with van der Waals surface area (Å²) < 4.78 is 5.14. The Bertz CT molecular complexity index is 959. The molecule has 0 bridgehead atoms. The first kappa shape index (κ1) is 17.3. The normalized spacial score (nSPS) is 10.0. The lowest BCUT2D eigenvalue weighted by molar-refractivity contribution is 0.140. The number of alkyl carbamates (subject to hydrolysis) is 1. The van der Waals surface area contributed by atoms with Crippen molar-refractivity contribution in [3.63, 3.8) is 0 Å². The van der Waals surface area contributed by atoms with Crippen molar-refractivity contribution in [2.24, 2.45) is 0 Å². The van der Waals surface area contributed by atoms with Crippen molar-refractivity contribution in [2.75, 3.05) is 12.3 Å². The summed E-state index contributed by atoms with van der Waals surface area (Å²) in [4.78, 5) is 15.8. The molecule has 0 atom stereocenters. The van der Waals surface area contributed by atoms with E-state index in [1.54, 1.807) is 6.20 Å². The minimum absolute atomic E-state index is 0.251. The Morgan fingerprint density at radius 1 is 1.08 bits per heavy atom. The lowest BCUT2D eigenvalue weighted by Crippen LogP contribution is -2.24.